The summed E-state index contributed by atoms with van der Waals surface area (Å²) < 4.78 is 19.0. The van der Waals surface area contributed by atoms with Crippen LogP contribution in [0.3, 0.4) is 0 Å². The Hall–Kier alpha value is -2.69. The molecule has 26 heavy (non-hydrogen) atoms. The van der Waals surface area contributed by atoms with Crippen LogP contribution in [0, 0.1) is 19.7 Å². The van der Waals surface area contributed by atoms with Crippen LogP contribution < -0.4 is 10.2 Å². The molecule has 2 aromatic heterocycles. The Labute approximate surface area is 152 Å². The van der Waals surface area contributed by atoms with E-state index < -0.39 is 5.82 Å². The summed E-state index contributed by atoms with van der Waals surface area (Å²) in [6.45, 7) is 10.3. The topological polar surface area (TPSA) is 55.0 Å². The van der Waals surface area contributed by atoms with Gasteiger partial charge in [0.25, 0.3) is 0 Å². The second kappa shape index (κ2) is 6.24. The number of aromatic amines is 1. The van der Waals surface area contributed by atoms with Gasteiger partial charge in [-0.2, -0.15) is 0 Å². The maximum Gasteiger partial charge on any atom is 0.193 e. The van der Waals surface area contributed by atoms with Crippen LogP contribution >= 0.6 is 0 Å². The first-order valence-electron chi connectivity index (χ1n) is 8.52. The van der Waals surface area contributed by atoms with Gasteiger partial charge in [-0.25, -0.2) is 4.39 Å². The number of rotatable bonds is 2. The number of aromatic nitrogens is 2. The van der Waals surface area contributed by atoms with E-state index in [1.807, 2.05) is 19.9 Å². The van der Waals surface area contributed by atoms with Crippen LogP contribution in [0.1, 0.15) is 37.7 Å². The molecular weight excluding hydrogens is 331 g/mol. The highest BCUT2D eigenvalue weighted by atomic mass is 19.1. The zero-order chi connectivity index (χ0) is 19.2. The van der Waals surface area contributed by atoms with Crippen molar-refractivity contribution in [1.29, 1.82) is 0 Å². The minimum Gasteiger partial charge on any atom is -0.493 e. The van der Waals surface area contributed by atoms with Gasteiger partial charge in [0, 0.05) is 28.4 Å². The largest absolute Gasteiger partial charge is 0.493 e. The van der Waals surface area contributed by atoms with Gasteiger partial charge in [0.2, 0.25) is 0 Å². The number of aryl methyl sites for hydroxylation is 2. The number of ether oxygens (including phenoxy) is 1. The number of fused-ring (bicyclic) bond motifs is 1. The van der Waals surface area contributed by atoms with Crippen molar-refractivity contribution in [2.24, 2.45) is 0 Å². The van der Waals surface area contributed by atoms with E-state index in [1.54, 1.807) is 6.07 Å². The first-order valence-corrected chi connectivity index (χ1v) is 8.52. The number of hydrogen-bond acceptors (Lipinski definition) is 3. The molecule has 0 atom stereocenters. The first-order chi connectivity index (χ1) is 12.1. The highest BCUT2D eigenvalue weighted by Crippen LogP contribution is 2.31. The minimum atomic E-state index is -0.554. The van der Waals surface area contributed by atoms with Gasteiger partial charge < -0.3 is 9.72 Å². The van der Waals surface area contributed by atoms with Gasteiger partial charge in [0.05, 0.1) is 23.7 Å². The van der Waals surface area contributed by atoms with Crippen LogP contribution in [0.2, 0.25) is 0 Å². The minimum absolute atomic E-state index is 0.0376. The number of benzene rings is 1. The van der Waals surface area contributed by atoms with Gasteiger partial charge >= 0.3 is 0 Å². The molecule has 136 valence electrons. The number of nitrogens with one attached hydrogen (secondary N) is 1. The standard InChI is InChI=1S/C21H23FN2O2/c1-11-9-13(12(2)23-20(11)21(3,4)5)16-10-17(25)18-15(24-16)8-7-14(22)19(18)26-6/h7-10H,1-6H3,(H,24,25). The Morgan fingerprint density at radius 1 is 1.15 bits per heavy atom. The number of halogens is 1. The molecule has 0 aliphatic carbocycles. The Morgan fingerprint density at radius 3 is 2.46 bits per heavy atom. The summed E-state index contributed by atoms with van der Waals surface area (Å²) in [6.07, 6.45) is 0. The third kappa shape index (κ3) is 2.98. The summed E-state index contributed by atoms with van der Waals surface area (Å²) in [5.41, 5.74) is 4.63. The molecule has 3 aromatic rings. The molecule has 0 unspecified atom stereocenters. The molecule has 0 fully saturated rings. The quantitative estimate of drug-likeness (QED) is 0.729. The molecule has 1 N–H and O–H groups in total. The average Bonchev–Trinajstić information content (AvgIpc) is 2.55. The van der Waals surface area contributed by atoms with Crippen molar-refractivity contribution in [2.45, 2.75) is 40.0 Å². The van der Waals surface area contributed by atoms with Crippen LogP contribution in [0.15, 0.2) is 29.1 Å². The lowest BCUT2D eigenvalue weighted by Crippen LogP contribution is -2.16. The number of methoxy groups -OCH3 is 1. The molecule has 0 radical (unpaired) electrons. The van der Waals surface area contributed by atoms with Crippen molar-refractivity contribution in [3.8, 4) is 17.0 Å². The molecule has 0 aliphatic heterocycles. The first kappa shape index (κ1) is 18.1. The highest BCUT2D eigenvalue weighted by Gasteiger charge is 2.21. The number of nitrogens with zero attached hydrogens (tertiary/aromatic N) is 1. The van der Waals surface area contributed by atoms with Crippen molar-refractivity contribution in [2.75, 3.05) is 7.11 Å². The summed E-state index contributed by atoms with van der Waals surface area (Å²) >= 11 is 0. The maximum absolute atomic E-state index is 13.9. The Bertz CT molecular complexity index is 1060. The fraction of sp³-hybridized carbons (Fsp3) is 0.333. The van der Waals surface area contributed by atoms with Crippen LogP contribution in [0.4, 0.5) is 4.39 Å². The molecule has 0 saturated carbocycles. The van der Waals surface area contributed by atoms with Crippen molar-refractivity contribution in [3.05, 3.63) is 57.3 Å². The summed E-state index contributed by atoms with van der Waals surface area (Å²) in [5, 5.41) is 0.213. The molecular formula is C21H23FN2O2. The number of H-pyrrole nitrogens is 1. The SMILES string of the molecule is COc1c(F)ccc2[nH]c(-c3cc(C)c(C(C)(C)C)nc3C)cc(=O)c12. The van der Waals surface area contributed by atoms with Crippen molar-refractivity contribution in [3.63, 3.8) is 0 Å². The molecule has 1 aromatic carbocycles. The zero-order valence-electron chi connectivity index (χ0n) is 16.0. The highest BCUT2D eigenvalue weighted by molar-refractivity contribution is 5.87. The molecule has 0 amide bonds. The third-order valence-corrected chi connectivity index (χ3v) is 4.51. The van der Waals surface area contributed by atoms with E-state index >= 15 is 0 Å². The normalized spacial score (nSPS) is 11.8. The van der Waals surface area contributed by atoms with Crippen LogP contribution in [-0.4, -0.2) is 17.1 Å². The lowest BCUT2D eigenvalue weighted by Gasteiger charge is -2.22. The van der Waals surface area contributed by atoms with E-state index in [-0.39, 0.29) is 22.0 Å². The molecule has 2 heterocycles. The molecule has 5 heteroatoms. The Balaban J connectivity index is 2.26. The second-order valence-corrected chi connectivity index (χ2v) is 7.59. The molecule has 0 aliphatic rings. The van der Waals surface area contributed by atoms with Gasteiger partial charge in [-0.15, -0.1) is 0 Å². The summed E-state index contributed by atoms with van der Waals surface area (Å²) in [5.74, 6) is -0.592. The smallest absolute Gasteiger partial charge is 0.193 e. The zero-order valence-corrected chi connectivity index (χ0v) is 16.0. The average molecular weight is 354 g/mol. The second-order valence-electron chi connectivity index (χ2n) is 7.59. The lowest BCUT2D eigenvalue weighted by molar-refractivity contribution is 0.391. The predicted octanol–water partition coefficient (Wildman–Crippen LogP) is 4.65. The predicted molar refractivity (Wildman–Crippen MR) is 102 cm³/mol. The lowest BCUT2D eigenvalue weighted by atomic mass is 9.87. The van der Waals surface area contributed by atoms with Crippen LogP contribution in [0.5, 0.6) is 5.75 Å². The van der Waals surface area contributed by atoms with Crippen molar-refractivity contribution in [1.82, 2.24) is 9.97 Å². The fourth-order valence-electron chi connectivity index (χ4n) is 3.37. The number of hydrogen-bond donors (Lipinski definition) is 1. The summed E-state index contributed by atoms with van der Waals surface area (Å²) in [4.78, 5) is 20.6. The molecule has 4 nitrogen and oxygen atoms in total. The fourth-order valence-corrected chi connectivity index (χ4v) is 3.37. The molecule has 0 spiro atoms. The van der Waals surface area contributed by atoms with E-state index in [0.29, 0.717) is 11.2 Å². The van der Waals surface area contributed by atoms with E-state index in [2.05, 4.69) is 25.8 Å². The third-order valence-electron chi connectivity index (χ3n) is 4.51. The number of pyridine rings is 2. The van der Waals surface area contributed by atoms with Gasteiger partial charge in [0.1, 0.15) is 0 Å². The van der Waals surface area contributed by atoms with Gasteiger partial charge in [-0.3, -0.25) is 9.78 Å². The molecule has 0 bridgehead atoms. The molecule has 0 saturated heterocycles. The van der Waals surface area contributed by atoms with E-state index in [1.165, 1.54) is 19.2 Å². The monoisotopic (exact) mass is 354 g/mol. The molecule has 3 rings (SSSR count). The Morgan fingerprint density at radius 2 is 1.85 bits per heavy atom. The maximum atomic E-state index is 13.9. The van der Waals surface area contributed by atoms with Gasteiger partial charge in [0.15, 0.2) is 17.0 Å². The van der Waals surface area contributed by atoms with E-state index in [4.69, 9.17) is 9.72 Å². The van der Waals surface area contributed by atoms with Gasteiger partial charge in [-0.1, -0.05) is 20.8 Å². The Kier molecular flexibility index (Phi) is 4.34. The van der Waals surface area contributed by atoms with E-state index in [0.717, 1.165) is 22.5 Å². The van der Waals surface area contributed by atoms with Crippen LogP contribution in [-0.2, 0) is 5.41 Å². The summed E-state index contributed by atoms with van der Waals surface area (Å²) in [7, 11) is 1.36. The van der Waals surface area contributed by atoms with Gasteiger partial charge in [-0.05, 0) is 37.6 Å². The van der Waals surface area contributed by atoms with Crippen LogP contribution in [0.25, 0.3) is 22.2 Å². The van der Waals surface area contributed by atoms with Crippen molar-refractivity contribution >= 4 is 10.9 Å². The van der Waals surface area contributed by atoms with E-state index in [9.17, 15) is 9.18 Å². The summed E-state index contributed by atoms with van der Waals surface area (Å²) in [6, 6.07) is 6.36. The van der Waals surface area contributed by atoms with Crippen molar-refractivity contribution < 1.29 is 9.13 Å².